The van der Waals surface area contributed by atoms with Crippen molar-refractivity contribution in [2.75, 3.05) is 0 Å². The summed E-state index contributed by atoms with van der Waals surface area (Å²) in [5.74, 6) is 0.0493. The Morgan fingerprint density at radius 1 is 1.03 bits per heavy atom. The average molecular weight is 510 g/mol. The Bertz CT molecular complexity index is 1000. The first kappa shape index (κ1) is 31.5. The molecule has 208 valence electrons. The Kier molecular flexibility index (Phi) is 8.92. The van der Waals surface area contributed by atoms with Crippen LogP contribution in [0.25, 0.3) is 0 Å². The van der Waals surface area contributed by atoms with Crippen molar-refractivity contribution in [3.63, 3.8) is 0 Å². The molecule has 0 aromatic heterocycles. The van der Waals surface area contributed by atoms with Crippen LogP contribution < -0.4 is 0 Å². The second kappa shape index (κ2) is 10.5. The number of nitriles is 1. The number of hydrogen-bond donors (Lipinski definition) is 0. The van der Waals surface area contributed by atoms with Crippen LogP contribution in [0.3, 0.4) is 0 Å². The molecule has 0 saturated heterocycles. The fourth-order valence-electron chi connectivity index (χ4n) is 7.30. The number of ketones is 2. The maximum Gasteiger partial charge on any atom is 0.178 e. The van der Waals surface area contributed by atoms with E-state index in [9.17, 15) is 14.9 Å². The molecular formula is C34H55NO2. The average Bonchev–Trinajstić information content (AvgIpc) is 2.81. The number of carbonyl (C=O) groups excluding carboxylic acids is 2. The van der Waals surface area contributed by atoms with Crippen molar-refractivity contribution < 1.29 is 9.59 Å². The summed E-state index contributed by atoms with van der Waals surface area (Å²) >= 11 is 0. The predicted molar refractivity (Wildman–Crippen MR) is 155 cm³/mol. The van der Waals surface area contributed by atoms with E-state index in [0.29, 0.717) is 10.8 Å². The molecule has 2 rings (SSSR count). The van der Waals surface area contributed by atoms with E-state index in [0.717, 1.165) is 31.3 Å². The van der Waals surface area contributed by atoms with Crippen LogP contribution in [-0.2, 0) is 9.59 Å². The van der Waals surface area contributed by atoms with E-state index in [1.807, 2.05) is 26.0 Å². The first-order valence-corrected chi connectivity index (χ1v) is 14.7. The van der Waals surface area contributed by atoms with Gasteiger partial charge < -0.3 is 0 Å². The Morgan fingerprint density at radius 3 is 2.08 bits per heavy atom. The molecule has 0 radical (unpaired) electrons. The molecule has 0 amide bonds. The third-order valence-electron chi connectivity index (χ3n) is 11.5. The lowest BCUT2D eigenvalue weighted by atomic mass is 9.42. The van der Waals surface area contributed by atoms with Crippen molar-refractivity contribution in [1.29, 1.82) is 5.26 Å². The Labute approximate surface area is 228 Å². The molecule has 0 spiro atoms. The van der Waals surface area contributed by atoms with Gasteiger partial charge in [-0.1, -0.05) is 101 Å². The van der Waals surface area contributed by atoms with Crippen LogP contribution in [0.2, 0.25) is 0 Å². The Morgan fingerprint density at radius 2 is 1.59 bits per heavy atom. The van der Waals surface area contributed by atoms with Gasteiger partial charge in [-0.3, -0.25) is 9.59 Å². The monoisotopic (exact) mass is 509 g/mol. The van der Waals surface area contributed by atoms with Crippen LogP contribution in [0.4, 0.5) is 0 Å². The SMILES string of the molecule is CCC(C)(C)CC[C@](C)(CC)CCC(C)(C)[C@]1(C)CC[C@H]2C(C)(C)C(=O)C(C#N)=C[C@]2(C)/C1=C/C(C)=O. The van der Waals surface area contributed by atoms with Crippen LogP contribution in [0, 0.1) is 49.7 Å². The molecule has 0 heterocycles. The van der Waals surface area contributed by atoms with Crippen LogP contribution in [0.1, 0.15) is 134 Å². The van der Waals surface area contributed by atoms with Crippen LogP contribution in [0.15, 0.2) is 23.3 Å². The molecule has 0 unspecified atom stereocenters. The zero-order valence-electron chi connectivity index (χ0n) is 26.2. The highest BCUT2D eigenvalue weighted by Crippen LogP contribution is 2.67. The summed E-state index contributed by atoms with van der Waals surface area (Å²) in [5.41, 5.74) is 0.627. The summed E-state index contributed by atoms with van der Waals surface area (Å²) in [6, 6.07) is 2.19. The minimum absolute atomic E-state index is 0.0423. The fraction of sp³-hybridized carbons (Fsp3) is 0.794. The molecule has 4 atom stereocenters. The highest BCUT2D eigenvalue weighted by molar-refractivity contribution is 6.04. The van der Waals surface area contributed by atoms with Gasteiger partial charge in [0.25, 0.3) is 0 Å². The van der Waals surface area contributed by atoms with Gasteiger partial charge in [-0.25, -0.2) is 0 Å². The predicted octanol–water partition coefficient (Wildman–Crippen LogP) is 9.42. The molecule has 1 fully saturated rings. The quantitative estimate of drug-likeness (QED) is 0.276. The second-order valence-corrected chi connectivity index (χ2v) is 15.2. The normalized spacial score (nSPS) is 30.8. The lowest BCUT2D eigenvalue weighted by molar-refractivity contribution is -0.131. The largest absolute Gasteiger partial charge is 0.295 e. The first-order chi connectivity index (χ1) is 16.7. The minimum Gasteiger partial charge on any atom is -0.295 e. The van der Waals surface area contributed by atoms with E-state index in [1.54, 1.807) is 6.92 Å². The van der Waals surface area contributed by atoms with Gasteiger partial charge in [0, 0.05) is 10.8 Å². The molecule has 0 aromatic rings. The number of carbonyl (C=O) groups is 2. The standard InChI is InChI=1S/C34H55NO2/c1-13-29(4,5)17-19-32(10,14-2)20-18-30(6,7)34(12)16-15-26-31(8,9)28(37)25(23-35)22-33(26,11)27(34)21-24(3)36/h21-22,26H,13-20H2,1-12H3/b27-21-/t26-,32-,33-,34+/m0/s1. The lowest BCUT2D eigenvalue weighted by Gasteiger charge is -2.61. The first-order valence-electron chi connectivity index (χ1n) is 14.7. The summed E-state index contributed by atoms with van der Waals surface area (Å²) in [6.07, 6.45) is 12.7. The van der Waals surface area contributed by atoms with Gasteiger partial charge in [0.15, 0.2) is 11.6 Å². The van der Waals surface area contributed by atoms with Crippen molar-refractivity contribution >= 4 is 11.6 Å². The number of allylic oxidation sites excluding steroid dienone is 4. The molecule has 0 aliphatic heterocycles. The van der Waals surface area contributed by atoms with Crippen LogP contribution in [-0.4, -0.2) is 11.6 Å². The van der Waals surface area contributed by atoms with Crippen molar-refractivity contribution in [3.05, 3.63) is 23.3 Å². The van der Waals surface area contributed by atoms with E-state index in [-0.39, 0.29) is 33.9 Å². The summed E-state index contributed by atoms with van der Waals surface area (Å²) in [6.45, 7) is 26.7. The molecule has 2 aliphatic carbocycles. The second-order valence-electron chi connectivity index (χ2n) is 15.2. The maximum atomic E-state index is 13.2. The van der Waals surface area contributed by atoms with Gasteiger partial charge in [0.05, 0.1) is 5.57 Å². The zero-order valence-corrected chi connectivity index (χ0v) is 26.2. The zero-order chi connectivity index (χ0) is 28.7. The molecule has 3 heteroatoms. The van der Waals surface area contributed by atoms with Crippen molar-refractivity contribution in [2.45, 2.75) is 134 Å². The summed E-state index contributed by atoms with van der Waals surface area (Å²) in [7, 11) is 0. The van der Waals surface area contributed by atoms with E-state index in [4.69, 9.17) is 0 Å². The van der Waals surface area contributed by atoms with Gasteiger partial charge in [-0.05, 0) is 79.1 Å². The Hall–Kier alpha value is -1.69. The molecule has 1 saturated carbocycles. The van der Waals surface area contributed by atoms with Crippen LogP contribution in [0.5, 0.6) is 0 Å². The molecule has 2 aliphatic rings. The molecular weight excluding hydrogens is 454 g/mol. The molecule has 0 N–H and O–H groups in total. The van der Waals surface area contributed by atoms with E-state index in [1.165, 1.54) is 25.7 Å². The van der Waals surface area contributed by atoms with Gasteiger partial charge >= 0.3 is 0 Å². The van der Waals surface area contributed by atoms with Gasteiger partial charge in [-0.15, -0.1) is 0 Å². The summed E-state index contributed by atoms with van der Waals surface area (Å²) < 4.78 is 0. The molecule has 37 heavy (non-hydrogen) atoms. The lowest BCUT2D eigenvalue weighted by Crippen LogP contribution is -2.55. The number of Topliss-reactive ketones (excluding diaryl/α,β-unsaturated/α-hetero) is 1. The third kappa shape index (κ3) is 5.84. The number of hydrogen-bond acceptors (Lipinski definition) is 3. The summed E-state index contributed by atoms with van der Waals surface area (Å²) in [5, 5.41) is 9.86. The maximum absolute atomic E-state index is 13.2. The fourth-order valence-corrected chi connectivity index (χ4v) is 7.30. The molecule has 0 aromatic carbocycles. The highest BCUT2D eigenvalue weighted by Gasteiger charge is 2.61. The number of rotatable bonds is 10. The van der Waals surface area contributed by atoms with E-state index in [2.05, 4.69) is 68.4 Å². The number of nitrogens with zero attached hydrogens (tertiary/aromatic N) is 1. The van der Waals surface area contributed by atoms with E-state index >= 15 is 0 Å². The van der Waals surface area contributed by atoms with Gasteiger partial charge in [-0.2, -0.15) is 5.26 Å². The number of fused-ring (bicyclic) bond motifs is 1. The smallest absolute Gasteiger partial charge is 0.178 e. The minimum atomic E-state index is -0.636. The van der Waals surface area contributed by atoms with Crippen molar-refractivity contribution in [1.82, 2.24) is 0 Å². The Balaban J connectivity index is 2.52. The third-order valence-corrected chi connectivity index (χ3v) is 11.5. The highest BCUT2D eigenvalue weighted by atomic mass is 16.1. The van der Waals surface area contributed by atoms with Crippen molar-refractivity contribution in [2.24, 2.45) is 38.4 Å². The van der Waals surface area contributed by atoms with Crippen LogP contribution >= 0.6 is 0 Å². The topological polar surface area (TPSA) is 57.9 Å². The van der Waals surface area contributed by atoms with E-state index < -0.39 is 10.8 Å². The molecule has 3 nitrogen and oxygen atoms in total. The molecule has 0 bridgehead atoms. The van der Waals surface area contributed by atoms with Gasteiger partial charge in [0.1, 0.15) is 6.07 Å². The summed E-state index contributed by atoms with van der Waals surface area (Å²) in [4.78, 5) is 25.8. The van der Waals surface area contributed by atoms with Gasteiger partial charge in [0.2, 0.25) is 0 Å². The van der Waals surface area contributed by atoms with Crippen molar-refractivity contribution in [3.8, 4) is 6.07 Å².